The summed E-state index contributed by atoms with van der Waals surface area (Å²) in [5.41, 5.74) is 2.83. The van der Waals surface area contributed by atoms with Crippen LogP contribution >= 0.6 is 34.8 Å². The number of benzene rings is 3. The van der Waals surface area contributed by atoms with Crippen LogP contribution in [-0.2, 0) is 22.4 Å². The van der Waals surface area contributed by atoms with Gasteiger partial charge in [-0.1, -0.05) is 77.3 Å². The minimum atomic E-state index is -0.914. The Hall–Kier alpha value is -2.86. The van der Waals surface area contributed by atoms with Gasteiger partial charge in [0.25, 0.3) is 5.91 Å². The van der Waals surface area contributed by atoms with Crippen LogP contribution in [0.25, 0.3) is 0 Å². The highest BCUT2D eigenvalue weighted by Crippen LogP contribution is 2.26. The lowest BCUT2D eigenvalue weighted by molar-refractivity contribution is -0.142. The molecule has 34 heavy (non-hydrogen) atoms. The van der Waals surface area contributed by atoms with E-state index in [9.17, 15) is 14.4 Å². The minimum Gasteiger partial charge on any atom is -0.467 e. The number of carbonyl (C=O) groups excluding carboxylic acids is 3. The number of Topliss-reactive ketones (excluding diaryl/α,β-unsaturated/α-hetero) is 1. The van der Waals surface area contributed by atoms with Crippen LogP contribution in [-0.4, -0.2) is 30.8 Å². The van der Waals surface area contributed by atoms with Gasteiger partial charge >= 0.3 is 5.97 Å². The van der Waals surface area contributed by atoms with Crippen LogP contribution in [0.15, 0.2) is 60.7 Å². The number of hydrogen-bond acceptors (Lipinski definition) is 4. The highest BCUT2D eigenvalue weighted by molar-refractivity contribution is 6.39. The van der Waals surface area contributed by atoms with E-state index in [-0.39, 0.29) is 18.6 Å². The normalized spacial score (nSPS) is 11.6. The number of methoxy groups -OCH3 is 1. The van der Waals surface area contributed by atoms with E-state index in [4.69, 9.17) is 39.5 Å². The van der Waals surface area contributed by atoms with E-state index in [0.29, 0.717) is 31.8 Å². The number of hydrogen-bond donors (Lipinski definition) is 1. The van der Waals surface area contributed by atoms with Crippen LogP contribution in [0.2, 0.25) is 15.1 Å². The van der Waals surface area contributed by atoms with Gasteiger partial charge in [0.1, 0.15) is 6.04 Å². The fraction of sp³-hybridized carbons (Fsp3) is 0.192. The third kappa shape index (κ3) is 6.17. The molecule has 0 aliphatic rings. The van der Waals surface area contributed by atoms with Crippen LogP contribution in [0.1, 0.15) is 37.4 Å². The highest BCUT2D eigenvalue weighted by atomic mass is 35.5. The van der Waals surface area contributed by atoms with Gasteiger partial charge in [0, 0.05) is 12.8 Å². The van der Waals surface area contributed by atoms with Crippen LogP contribution in [0, 0.1) is 6.92 Å². The molecule has 0 fully saturated rings. The van der Waals surface area contributed by atoms with Crippen molar-refractivity contribution in [2.45, 2.75) is 25.8 Å². The van der Waals surface area contributed by atoms with Crippen LogP contribution < -0.4 is 5.32 Å². The summed E-state index contributed by atoms with van der Waals surface area (Å²) in [7, 11) is 1.26. The zero-order valence-electron chi connectivity index (χ0n) is 18.5. The van der Waals surface area contributed by atoms with Gasteiger partial charge in [0.2, 0.25) is 0 Å². The third-order valence-electron chi connectivity index (χ3n) is 5.31. The minimum absolute atomic E-state index is 0.118. The van der Waals surface area contributed by atoms with E-state index in [1.54, 1.807) is 67.6 Å². The molecule has 1 N–H and O–H groups in total. The summed E-state index contributed by atoms with van der Waals surface area (Å²) >= 11 is 18.4. The number of ketones is 1. The third-order valence-corrected chi connectivity index (χ3v) is 6.25. The lowest BCUT2D eigenvalue weighted by Gasteiger charge is -2.18. The Labute approximate surface area is 213 Å². The summed E-state index contributed by atoms with van der Waals surface area (Å²) in [5.74, 6) is -1.24. The molecule has 3 rings (SSSR count). The molecule has 0 aliphatic heterocycles. The fourth-order valence-electron chi connectivity index (χ4n) is 3.55. The fourth-order valence-corrected chi connectivity index (χ4v) is 4.47. The molecule has 0 spiro atoms. The number of carbonyl (C=O) groups is 3. The van der Waals surface area contributed by atoms with Crippen molar-refractivity contribution in [3.8, 4) is 0 Å². The average molecular weight is 519 g/mol. The van der Waals surface area contributed by atoms with Crippen molar-refractivity contribution in [2.24, 2.45) is 0 Å². The number of nitrogens with one attached hydrogen (secondary N) is 1. The molecule has 176 valence electrons. The Morgan fingerprint density at radius 3 is 1.91 bits per heavy atom. The second-order valence-corrected chi connectivity index (χ2v) is 8.92. The molecule has 3 aromatic carbocycles. The maximum absolute atomic E-state index is 12.8. The molecule has 3 aromatic rings. The number of ether oxygens (including phenoxy) is 1. The van der Waals surface area contributed by atoms with Gasteiger partial charge < -0.3 is 10.1 Å². The monoisotopic (exact) mass is 517 g/mol. The smallest absolute Gasteiger partial charge is 0.328 e. The van der Waals surface area contributed by atoms with Crippen molar-refractivity contribution in [2.75, 3.05) is 7.11 Å². The summed E-state index contributed by atoms with van der Waals surface area (Å²) in [6.07, 6.45) is 0.319. The van der Waals surface area contributed by atoms with Crippen molar-refractivity contribution < 1.29 is 19.1 Å². The Morgan fingerprint density at radius 1 is 0.824 bits per heavy atom. The Balaban J connectivity index is 1.72. The lowest BCUT2D eigenvalue weighted by atomic mass is 9.99. The number of amides is 1. The SMILES string of the molecule is COC(=O)[C@H](Cc1ccc(CC(=O)c2c(Cl)cccc2Cl)cc1)NC(=O)c1c(C)cccc1Cl. The molecule has 8 heteroatoms. The summed E-state index contributed by atoms with van der Waals surface area (Å²) < 4.78 is 4.87. The van der Waals surface area contributed by atoms with Gasteiger partial charge in [0.05, 0.1) is 33.3 Å². The zero-order chi connectivity index (χ0) is 24.8. The van der Waals surface area contributed by atoms with E-state index in [0.717, 1.165) is 11.1 Å². The first kappa shape index (κ1) is 25.8. The van der Waals surface area contributed by atoms with E-state index in [1.165, 1.54) is 7.11 Å². The van der Waals surface area contributed by atoms with Crippen molar-refractivity contribution in [3.63, 3.8) is 0 Å². The van der Waals surface area contributed by atoms with Gasteiger partial charge in [-0.2, -0.15) is 0 Å². The molecule has 5 nitrogen and oxygen atoms in total. The molecule has 0 aliphatic carbocycles. The average Bonchev–Trinajstić information content (AvgIpc) is 2.79. The molecule has 1 amide bonds. The van der Waals surface area contributed by atoms with E-state index in [1.807, 2.05) is 0 Å². The Kier molecular flexibility index (Phi) is 8.72. The predicted octanol–water partition coefficient (Wildman–Crippen LogP) is 5.89. The number of rotatable bonds is 8. The lowest BCUT2D eigenvalue weighted by Crippen LogP contribution is -2.43. The standard InChI is InChI=1S/C26H22Cl3NO4/c1-15-5-3-6-18(27)23(15)25(32)30-21(26(33)34-2)13-16-9-11-17(12-10-16)14-22(31)24-19(28)7-4-8-20(24)29/h3-12,21H,13-14H2,1-2H3,(H,30,32)/t21-/m0/s1. The number of aryl methyl sites for hydroxylation is 1. The van der Waals surface area contributed by atoms with Gasteiger partial charge in [0.15, 0.2) is 5.78 Å². The molecule has 0 radical (unpaired) electrons. The van der Waals surface area contributed by atoms with E-state index < -0.39 is 17.9 Å². The van der Waals surface area contributed by atoms with Crippen LogP contribution in [0.4, 0.5) is 0 Å². The van der Waals surface area contributed by atoms with Crippen molar-refractivity contribution >= 4 is 52.5 Å². The highest BCUT2D eigenvalue weighted by Gasteiger charge is 2.24. The van der Waals surface area contributed by atoms with E-state index >= 15 is 0 Å². The first-order valence-corrected chi connectivity index (χ1v) is 11.5. The molecule has 0 heterocycles. The van der Waals surface area contributed by atoms with Gasteiger partial charge in [-0.25, -0.2) is 4.79 Å². The number of esters is 1. The molecule has 0 saturated carbocycles. The summed E-state index contributed by atoms with van der Waals surface area (Å²) in [6, 6.07) is 16.3. The molecular formula is C26H22Cl3NO4. The van der Waals surface area contributed by atoms with Gasteiger partial charge in [-0.3, -0.25) is 9.59 Å². The maximum Gasteiger partial charge on any atom is 0.328 e. The topological polar surface area (TPSA) is 72.5 Å². The largest absolute Gasteiger partial charge is 0.467 e. The van der Waals surface area contributed by atoms with E-state index in [2.05, 4.69) is 5.32 Å². The quantitative estimate of drug-likeness (QED) is 0.298. The van der Waals surface area contributed by atoms with Gasteiger partial charge in [-0.15, -0.1) is 0 Å². The second-order valence-electron chi connectivity index (χ2n) is 7.70. The predicted molar refractivity (Wildman–Crippen MR) is 134 cm³/mol. The summed E-state index contributed by atoms with van der Waals surface area (Å²) in [6.45, 7) is 1.77. The molecule has 1 atom stereocenters. The molecule has 0 bridgehead atoms. The van der Waals surface area contributed by atoms with Crippen molar-refractivity contribution in [3.05, 3.63) is 104 Å². The van der Waals surface area contributed by atoms with Crippen molar-refractivity contribution in [1.82, 2.24) is 5.32 Å². The molecule has 0 saturated heterocycles. The molecule has 0 aromatic heterocycles. The number of halogens is 3. The van der Waals surface area contributed by atoms with Crippen molar-refractivity contribution in [1.29, 1.82) is 0 Å². The summed E-state index contributed by atoms with van der Waals surface area (Å²) in [5, 5.41) is 3.62. The van der Waals surface area contributed by atoms with Crippen LogP contribution in [0.5, 0.6) is 0 Å². The Bertz CT molecular complexity index is 1180. The zero-order valence-corrected chi connectivity index (χ0v) is 20.8. The second kappa shape index (κ2) is 11.5. The maximum atomic E-state index is 12.8. The first-order chi connectivity index (χ1) is 16.2. The van der Waals surface area contributed by atoms with Gasteiger partial charge in [-0.05, 0) is 41.8 Å². The molecule has 0 unspecified atom stereocenters. The summed E-state index contributed by atoms with van der Waals surface area (Å²) in [4.78, 5) is 37.8. The Morgan fingerprint density at radius 2 is 1.35 bits per heavy atom. The molecular weight excluding hydrogens is 497 g/mol. The first-order valence-electron chi connectivity index (χ1n) is 10.4. The van der Waals surface area contributed by atoms with Crippen LogP contribution in [0.3, 0.4) is 0 Å².